The lowest BCUT2D eigenvalue weighted by Gasteiger charge is -2.35. The number of ether oxygens (including phenoxy) is 9. The third-order valence-electron chi connectivity index (χ3n) is 13.1. The molecule has 69 heavy (non-hydrogen) atoms. The highest BCUT2D eigenvalue weighted by Crippen LogP contribution is 2.42. The summed E-state index contributed by atoms with van der Waals surface area (Å²) in [6.07, 6.45) is 1.70. The Balaban J connectivity index is 0.825. The van der Waals surface area contributed by atoms with Gasteiger partial charge in [0.05, 0.1) is 87.2 Å². The molecule has 0 spiro atoms. The van der Waals surface area contributed by atoms with Crippen molar-refractivity contribution in [2.75, 3.05) is 85.8 Å². The molecule has 3 saturated heterocycles. The number of nitrogens with zero attached hydrogens (tertiary/aromatic N) is 2. The lowest BCUT2D eigenvalue weighted by atomic mass is 9.90. The zero-order chi connectivity index (χ0) is 50.0. The summed E-state index contributed by atoms with van der Waals surface area (Å²) in [6, 6.07) is 18.4. The minimum atomic E-state index is -0.688. The summed E-state index contributed by atoms with van der Waals surface area (Å²) in [5.41, 5.74) is 0.519. The molecule has 3 aliphatic heterocycles. The van der Waals surface area contributed by atoms with Crippen LogP contribution in [0.2, 0.25) is 0 Å². The van der Waals surface area contributed by atoms with Gasteiger partial charge in [-0.25, -0.2) is 0 Å². The second kappa shape index (κ2) is 24.0. The molecule has 3 atom stereocenters. The summed E-state index contributed by atoms with van der Waals surface area (Å²) in [6.45, 7) is 30.6. The van der Waals surface area contributed by atoms with Crippen molar-refractivity contribution in [3.8, 4) is 17.2 Å². The topological polar surface area (TPSA) is 133 Å². The number of rotatable bonds is 31. The number of carbonyl (C=O) groups is 2. The van der Waals surface area contributed by atoms with Gasteiger partial charge in [0.2, 0.25) is 5.91 Å². The van der Waals surface area contributed by atoms with E-state index in [2.05, 4.69) is 73.6 Å². The molecule has 3 aliphatic rings. The smallest absolute Gasteiger partial charge is 0.261 e. The van der Waals surface area contributed by atoms with E-state index in [0.717, 1.165) is 53.8 Å². The van der Waals surface area contributed by atoms with Crippen LogP contribution < -0.4 is 14.2 Å². The number of likely N-dealkylation sites (tertiary alicyclic amines) is 1. The molecule has 2 amide bonds. The average Bonchev–Trinajstić information content (AvgIpc) is 3.67. The summed E-state index contributed by atoms with van der Waals surface area (Å²) in [5.74, 6) is 2.48. The molecule has 3 aromatic carbocycles. The van der Waals surface area contributed by atoms with E-state index in [4.69, 9.17) is 47.5 Å². The Morgan fingerprint density at radius 1 is 0.565 bits per heavy atom. The second-order valence-corrected chi connectivity index (χ2v) is 21.6. The molecule has 0 radical (unpaired) electrons. The van der Waals surface area contributed by atoms with E-state index in [9.17, 15) is 9.59 Å². The van der Waals surface area contributed by atoms with Crippen LogP contribution in [0.1, 0.15) is 125 Å². The molecular formula is C55H82N2O12. The zero-order valence-electron chi connectivity index (χ0n) is 43.7. The Morgan fingerprint density at radius 3 is 1.71 bits per heavy atom. The molecule has 3 fully saturated rings. The van der Waals surface area contributed by atoms with E-state index in [1.807, 2.05) is 64.1 Å². The summed E-state index contributed by atoms with van der Waals surface area (Å²) in [7, 11) is 0. The molecule has 14 nitrogen and oxygen atoms in total. The van der Waals surface area contributed by atoms with E-state index in [1.54, 1.807) is 5.06 Å². The average molecular weight is 963 g/mol. The molecule has 14 heteroatoms. The summed E-state index contributed by atoms with van der Waals surface area (Å²) in [4.78, 5) is 32.8. The van der Waals surface area contributed by atoms with Gasteiger partial charge in [0.1, 0.15) is 37.1 Å². The maximum Gasteiger partial charge on any atom is 0.261 e. The summed E-state index contributed by atoms with van der Waals surface area (Å²) in [5, 5.41) is 3.68. The number of carbonyl (C=O) groups excluding carboxylic acids is 2. The van der Waals surface area contributed by atoms with Crippen LogP contribution in [0.3, 0.4) is 0 Å². The number of hydroxylamine groups is 2. The van der Waals surface area contributed by atoms with Gasteiger partial charge in [0.15, 0.2) is 6.10 Å². The molecule has 0 saturated carbocycles. The van der Waals surface area contributed by atoms with Gasteiger partial charge in [-0.3, -0.25) is 19.3 Å². The molecule has 3 aromatic rings. The Kier molecular flexibility index (Phi) is 19.0. The van der Waals surface area contributed by atoms with Crippen LogP contribution >= 0.6 is 0 Å². The zero-order valence-corrected chi connectivity index (χ0v) is 43.7. The van der Waals surface area contributed by atoms with Gasteiger partial charge in [-0.15, -0.1) is 0 Å². The highest BCUT2D eigenvalue weighted by molar-refractivity contribution is 6.07. The van der Waals surface area contributed by atoms with E-state index in [-0.39, 0.29) is 36.6 Å². The lowest BCUT2D eigenvalue weighted by molar-refractivity contribution is -0.205. The SMILES string of the molecule is CC(C)c1cccc(C(C)C)c1OCCOCCC(C)(C)OCCC(C)(C)OCCOc1cccc2c(OCCOCC(C)(C)OCC(C)(C)OCCN3C(=O)C4ON5CCC5C4C3=O)cccc12. The molecular weight excluding hydrogens is 881 g/mol. The Morgan fingerprint density at radius 2 is 1.10 bits per heavy atom. The first-order valence-corrected chi connectivity index (χ1v) is 25.2. The van der Waals surface area contributed by atoms with Crippen molar-refractivity contribution in [1.29, 1.82) is 0 Å². The van der Waals surface area contributed by atoms with Gasteiger partial charge in [-0.1, -0.05) is 70.2 Å². The van der Waals surface area contributed by atoms with Gasteiger partial charge in [0, 0.05) is 23.9 Å². The largest absolute Gasteiger partial charge is 0.491 e. The van der Waals surface area contributed by atoms with Crippen LogP contribution in [0.5, 0.6) is 17.2 Å². The first-order valence-electron chi connectivity index (χ1n) is 25.2. The number of benzene rings is 3. The van der Waals surface area contributed by atoms with Gasteiger partial charge in [-0.05, 0) is 110 Å². The van der Waals surface area contributed by atoms with Crippen LogP contribution in [-0.2, 0) is 42.8 Å². The first kappa shape index (κ1) is 54.5. The van der Waals surface area contributed by atoms with Crippen molar-refractivity contribution in [1.82, 2.24) is 9.96 Å². The maximum atomic E-state index is 13.0. The quantitative estimate of drug-likeness (QED) is 0.0449. The van der Waals surface area contributed by atoms with Crippen molar-refractivity contribution in [3.05, 3.63) is 65.7 Å². The van der Waals surface area contributed by atoms with Gasteiger partial charge >= 0.3 is 0 Å². The van der Waals surface area contributed by atoms with E-state index in [0.29, 0.717) is 77.9 Å². The van der Waals surface area contributed by atoms with Crippen LogP contribution in [0.15, 0.2) is 54.6 Å². The van der Waals surface area contributed by atoms with Crippen LogP contribution in [0.25, 0.3) is 10.8 Å². The predicted octanol–water partition coefficient (Wildman–Crippen LogP) is 9.29. The normalized spacial score (nSPS) is 18.9. The Bertz CT molecular complexity index is 2110. The summed E-state index contributed by atoms with van der Waals surface area (Å²) >= 11 is 0. The molecule has 0 aromatic heterocycles. The lowest BCUT2D eigenvalue weighted by Crippen LogP contribution is -2.49. The maximum absolute atomic E-state index is 13.0. The fourth-order valence-corrected chi connectivity index (χ4v) is 8.80. The van der Waals surface area contributed by atoms with Gasteiger partial charge in [0.25, 0.3) is 5.91 Å². The Labute approximate surface area is 411 Å². The van der Waals surface area contributed by atoms with Crippen molar-refractivity contribution in [2.24, 2.45) is 5.92 Å². The molecule has 0 bridgehead atoms. The molecule has 0 aliphatic carbocycles. The van der Waals surface area contributed by atoms with Crippen LogP contribution in [0, 0.1) is 5.92 Å². The highest BCUT2D eigenvalue weighted by atomic mass is 16.7. The van der Waals surface area contributed by atoms with E-state index < -0.39 is 28.8 Å². The van der Waals surface area contributed by atoms with Crippen molar-refractivity contribution in [3.63, 3.8) is 0 Å². The van der Waals surface area contributed by atoms with Crippen molar-refractivity contribution in [2.45, 2.75) is 149 Å². The number of hydrogen-bond acceptors (Lipinski definition) is 13. The van der Waals surface area contributed by atoms with Crippen molar-refractivity contribution >= 4 is 22.6 Å². The highest BCUT2D eigenvalue weighted by Gasteiger charge is 2.61. The third kappa shape index (κ3) is 15.1. The number of hydrogen-bond donors (Lipinski definition) is 0. The second-order valence-electron chi connectivity index (χ2n) is 21.6. The van der Waals surface area contributed by atoms with E-state index in [1.165, 1.54) is 16.0 Å². The van der Waals surface area contributed by atoms with Gasteiger partial charge < -0.3 is 42.6 Å². The molecule has 3 heterocycles. The predicted molar refractivity (Wildman–Crippen MR) is 266 cm³/mol. The third-order valence-corrected chi connectivity index (χ3v) is 13.1. The number of amides is 2. The fourth-order valence-electron chi connectivity index (χ4n) is 8.80. The number of fused-ring (bicyclic) bond motifs is 4. The minimum Gasteiger partial charge on any atom is -0.491 e. The monoisotopic (exact) mass is 963 g/mol. The summed E-state index contributed by atoms with van der Waals surface area (Å²) < 4.78 is 55.6. The molecule has 3 unspecified atom stereocenters. The molecule has 384 valence electrons. The van der Waals surface area contributed by atoms with Crippen LogP contribution in [0.4, 0.5) is 0 Å². The molecule has 0 N–H and O–H groups in total. The fraction of sp³-hybridized carbons (Fsp3) is 0.673. The first-order chi connectivity index (χ1) is 32.7. The number of imide groups is 1. The minimum absolute atomic E-state index is 0.0196. The standard InChI is InChI=1S/C55H82N2O12/c1-38(2)40-16-13-17-41(39(3)4)48(40)64-33-30-60-27-23-52(5,6)65-28-24-53(7,8)67-35-34-63-46-21-15-18-42-43(46)19-14-20-45(42)62-32-31-61-36-54(9,10)68-37-55(11,12)66-29-26-56-50(58)47-44-22-25-57(44)69-49(47)51(56)59/h13-21,38-39,44,47,49H,22-37H2,1-12H3. The van der Waals surface area contributed by atoms with Crippen LogP contribution in [-0.4, -0.2) is 142 Å². The van der Waals surface area contributed by atoms with Gasteiger partial charge in [-0.2, -0.15) is 5.06 Å². The number of para-hydroxylation sites is 1. The van der Waals surface area contributed by atoms with E-state index >= 15 is 0 Å². The Hall–Kier alpha value is -3.86. The van der Waals surface area contributed by atoms with Crippen molar-refractivity contribution < 1.29 is 57.1 Å². The molecule has 6 rings (SSSR count).